The molecule has 2 rings (SSSR count). The molecule has 4 nitrogen and oxygen atoms in total. The van der Waals surface area contributed by atoms with Crippen molar-refractivity contribution in [3.05, 3.63) is 38.9 Å². The van der Waals surface area contributed by atoms with E-state index in [1.54, 1.807) is 6.07 Å². The van der Waals surface area contributed by atoms with Gasteiger partial charge in [0, 0.05) is 24.7 Å². The standard InChI is InChI=1S/C15H21ClN2O2/c1-11-3-2-4-13(7-5-11)17-10-12-6-8-14(18(19)20)9-15(12)16/h6,8-9,11,13,17H,2-5,7,10H2,1H3. The number of nitro benzene ring substituents is 1. The second-order valence-electron chi connectivity index (χ2n) is 5.72. The molecule has 1 saturated carbocycles. The van der Waals surface area contributed by atoms with E-state index in [-0.39, 0.29) is 5.69 Å². The average molecular weight is 297 g/mol. The van der Waals surface area contributed by atoms with Gasteiger partial charge in [-0.2, -0.15) is 0 Å². The third kappa shape index (κ3) is 4.18. The third-order valence-corrected chi connectivity index (χ3v) is 4.44. The van der Waals surface area contributed by atoms with Crippen molar-refractivity contribution in [2.45, 2.75) is 51.6 Å². The lowest BCUT2D eigenvalue weighted by Crippen LogP contribution is -2.28. The zero-order chi connectivity index (χ0) is 14.5. The first kappa shape index (κ1) is 15.3. The van der Waals surface area contributed by atoms with Crippen LogP contribution in [-0.2, 0) is 6.54 Å². The van der Waals surface area contributed by atoms with Gasteiger partial charge in [-0.1, -0.05) is 31.4 Å². The van der Waals surface area contributed by atoms with Crippen LogP contribution in [0.3, 0.4) is 0 Å². The zero-order valence-electron chi connectivity index (χ0n) is 11.8. The summed E-state index contributed by atoms with van der Waals surface area (Å²) in [5.41, 5.74) is 0.969. The van der Waals surface area contributed by atoms with Crippen LogP contribution in [0.2, 0.25) is 5.02 Å². The highest BCUT2D eigenvalue weighted by molar-refractivity contribution is 6.31. The van der Waals surface area contributed by atoms with Crippen LogP contribution in [0, 0.1) is 16.0 Å². The van der Waals surface area contributed by atoms with E-state index >= 15 is 0 Å². The number of nitrogens with zero attached hydrogens (tertiary/aromatic N) is 1. The van der Waals surface area contributed by atoms with Gasteiger partial charge in [0.1, 0.15) is 0 Å². The maximum absolute atomic E-state index is 10.7. The van der Waals surface area contributed by atoms with Crippen molar-refractivity contribution in [2.75, 3.05) is 0 Å². The second-order valence-corrected chi connectivity index (χ2v) is 6.13. The van der Waals surface area contributed by atoms with Gasteiger partial charge in [-0.3, -0.25) is 10.1 Å². The molecule has 2 atom stereocenters. The summed E-state index contributed by atoms with van der Waals surface area (Å²) in [6.45, 7) is 2.99. The largest absolute Gasteiger partial charge is 0.310 e. The van der Waals surface area contributed by atoms with Crippen LogP contribution in [0.1, 0.15) is 44.6 Å². The van der Waals surface area contributed by atoms with Crippen molar-refractivity contribution in [3.8, 4) is 0 Å². The van der Waals surface area contributed by atoms with Gasteiger partial charge in [0.15, 0.2) is 0 Å². The van der Waals surface area contributed by atoms with Crippen molar-refractivity contribution < 1.29 is 4.92 Å². The Labute approximate surface area is 124 Å². The molecule has 1 aromatic carbocycles. The molecule has 0 radical (unpaired) electrons. The Morgan fingerprint density at radius 3 is 2.85 bits per heavy atom. The van der Waals surface area contributed by atoms with E-state index in [4.69, 9.17) is 11.6 Å². The van der Waals surface area contributed by atoms with Crippen LogP contribution < -0.4 is 5.32 Å². The molecule has 0 spiro atoms. The monoisotopic (exact) mass is 296 g/mol. The van der Waals surface area contributed by atoms with E-state index in [1.807, 2.05) is 0 Å². The summed E-state index contributed by atoms with van der Waals surface area (Å²) < 4.78 is 0. The molecule has 0 saturated heterocycles. The average Bonchev–Trinajstić information content (AvgIpc) is 2.62. The van der Waals surface area contributed by atoms with Crippen LogP contribution in [0.15, 0.2) is 18.2 Å². The number of benzene rings is 1. The molecule has 1 N–H and O–H groups in total. The SMILES string of the molecule is CC1CCCC(NCc2ccc([N+](=O)[O-])cc2Cl)CC1. The predicted molar refractivity (Wildman–Crippen MR) is 81.0 cm³/mol. The van der Waals surface area contributed by atoms with Gasteiger partial charge in [0.05, 0.1) is 9.95 Å². The number of halogens is 1. The summed E-state index contributed by atoms with van der Waals surface area (Å²) in [7, 11) is 0. The molecule has 0 heterocycles. The Kier molecular flexibility index (Phi) is 5.38. The van der Waals surface area contributed by atoms with Crippen LogP contribution in [0.5, 0.6) is 0 Å². The molecule has 0 amide bonds. The summed E-state index contributed by atoms with van der Waals surface area (Å²) in [6, 6.07) is 5.21. The Morgan fingerprint density at radius 1 is 1.35 bits per heavy atom. The predicted octanol–water partition coefficient (Wildman–Crippen LogP) is 4.31. The van der Waals surface area contributed by atoms with E-state index in [9.17, 15) is 10.1 Å². The highest BCUT2D eigenvalue weighted by Gasteiger charge is 2.16. The summed E-state index contributed by atoms with van der Waals surface area (Å²) in [6.07, 6.45) is 6.26. The Balaban J connectivity index is 1.92. The lowest BCUT2D eigenvalue weighted by molar-refractivity contribution is -0.384. The third-order valence-electron chi connectivity index (χ3n) is 4.09. The van der Waals surface area contributed by atoms with Crippen molar-refractivity contribution in [2.24, 2.45) is 5.92 Å². The Hall–Kier alpha value is -1.13. The van der Waals surface area contributed by atoms with Crippen LogP contribution in [0.25, 0.3) is 0 Å². The molecule has 1 aromatic rings. The number of non-ortho nitro benzene ring substituents is 1. The molecular formula is C15H21ClN2O2. The van der Waals surface area contributed by atoms with E-state index in [0.29, 0.717) is 17.6 Å². The minimum Gasteiger partial charge on any atom is -0.310 e. The van der Waals surface area contributed by atoms with Gasteiger partial charge < -0.3 is 5.32 Å². The Bertz CT molecular complexity index is 479. The smallest absolute Gasteiger partial charge is 0.270 e. The molecule has 110 valence electrons. The summed E-state index contributed by atoms with van der Waals surface area (Å²) in [4.78, 5) is 10.2. The maximum Gasteiger partial charge on any atom is 0.270 e. The number of hydrogen-bond acceptors (Lipinski definition) is 3. The lowest BCUT2D eigenvalue weighted by Gasteiger charge is -2.17. The highest BCUT2D eigenvalue weighted by Crippen LogP contribution is 2.25. The molecule has 1 aliphatic rings. The fraction of sp³-hybridized carbons (Fsp3) is 0.600. The van der Waals surface area contributed by atoms with Gasteiger partial charge in [0.25, 0.3) is 5.69 Å². The fourth-order valence-corrected chi connectivity index (χ4v) is 2.98. The van der Waals surface area contributed by atoms with Crippen LogP contribution in [-0.4, -0.2) is 11.0 Å². The van der Waals surface area contributed by atoms with Gasteiger partial charge in [-0.25, -0.2) is 0 Å². The molecule has 0 aromatic heterocycles. The van der Waals surface area contributed by atoms with Crippen LogP contribution in [0.4, 0.5) is 5.69 Å². The molecule has 0 bridgehead atoms. The summed E-state index contributed by atoms with van der Waals surface area (Å²) in [5, 5.41) is 14.7. The molecule has 0 aliphatic heterocycles. The number of hydrogen-bond donors (Lipinski definition) is 1. The van der Waals surface area contributed by atoms with E-state index < -0.39 is 4.92 Å². The normalized spacial score (nSPS) is 23.3. The van der Waals surface area contributed by atoms with Gasteiger partial charge in [0.2, 0.25) is 0 Å². The maximum atomic E-state index is 10.7. The number of nitro groups is 1. The molecule has 1 fully saturated rings. The lowest BCUT2D eigenvalue weighted by atomic mass is 10.0. The zero-order valence-corrected chi connectivity index (χ0v) is 12.5. The topological polar surface area (TPSA) is 55.2 Å². The molecular weight excluding hydrogens is 276 g/mol. The van der Waals surface area contributed by atoms with Gasteiger partial charge in [-0.15, -0.1) is 0 Å². The second kappa shape index (κ2) is 7.04. The van der Waals surface area contributed by atoms with Crippen molar-refractivity contribution in [1.29, 1.82) is 0 Å². The van der Waals surface area contributed by atoms with Crippen molar-refractivity contribution in [1.82, 2.24) is 5.32 Å². The first-order valence-corrected chi connectivity index (χ1v) is 7.60. The highest BCUT2D eigenvalue weighted by atomic mass is 35.5. The number of rotatable bonds is 4. The van der Waals surface area contributed by atoms with E-state index in [0.717, 1.165) is 11.5 Å². The van der Waals surface area contributed by atoms with Crippen molar-refractivity contribution >= 4 is 17.3 Å². The van der Waals surface area contributed by atoms with Gasteiger partial charge >= 0.3 is 0 Å². The van der Waals surface area contributed by atoms with E-state index in [2.05, 4.69) is 12.2 Å². The first-order valence-electron chi connectivity index (χ1n) is 7.22. The van der Waals surface area contributed by atoms with E-state index in [1.165, 1.54) is 44.2 Å². The molecule has 5 heteroatoms. The number of nitrogens with one attached hydrogen (secondary N) is 1. The molecule has 20 heavy (non-hydrogen) atoms. The quantitative estimate of drug-likeness (QED) is 0.512. The Morgan fingerprint density at radius 2 is 2.15 bits per heavy atom. The van der Waals surface area contributed by atoms with Crippen LogP contribution >= 0.6 is 11.6 Å². The fourth-order valence-electron chi connectivity index (χ4n) is 2.74. The minimum absolute atomic E-state index is 0.0436. The summed E-state index contributed by atoms with van der Waals surface area (Å²) in [5.74, 6) is 0.824. The molecule has 1 aliphatic carbocycles. The van der Waals surface area contributed by atoms with Gasteiger partial charge in [-0.05, 0) is 36.8 Å². The molecule has 2 unspecified atom stereocenters. The first-order chi connectivity index (χ1) is 9.56. The van der Waals surface area contributed by atoms with Crippen molar-refractivity contribution in [3.63, 3.8) is 0 Å². The summed E-state index contributed by atoms with van der Waals surface area (Å²) >= 11 is 6.10. The minimum atomic E-state index is -0.421.